The van der Waals surface area contributed by atoms with Crippen LogP contribution < -0.4 is 15.4 Å². The number of hydrogen-bond acceptors (Lipinski definition) is 4. The van der Waals surface area contributed by atoms with Crippen molar-refractivity contribution in [3.05, 3.63) is 54.1 Å². The van der Waals surface area contributed by atoms with Gasteiger partial charge in [0.1, 0.15) is 5.75 Å². The molecule has 0 spiro atoms. The maximum atomic E-state index is 12.4. The summed E-state index contributed by atoms with van der Waals surface area (Å²) in [6.07, 6.45) is 0. The van der Waals surface area contributed by atoms with E-state index in [1.165, 1.54) is 5.56 Å². The summed E-state index contributed by atoms with van der Waals surface area (Å²) in [5, 5.41) is 5.73. The second-order valence-electron chi connectivity index (χ2n) is 7.93. The molecule has 0 saturated heterocycles. The first-order valence-corrected chi connectivity index (χ1v) is 9.78. The van der Waals surface area contributed by atoms with Crippen LogP contribution in [0.3, 0.4) is 0 Å². The molecule has 0 aromatic heterocycles. The number of para-hydroxylation sites is 2. The van der Waals surface area contributed by atoms with E-state index in [2.05, 4.69) is 31.4 Å². The lowest BCUT2D eigenvalue weighted by Gasteiger charge is -2.21. The lowest BCUT2D eigenvalue weighted by molar-refractivity contribution is -0.119. The molecule has 0 heterocycles. The van der Waals surface area contributed by atoms with Crippen LogP contribution in [0.25, 0.3) is 0 Å². The predicted molar refractivity (Wildman–Crippen MR) is 118 cm³/mol. The minimum atomic E-state index is -0.196. The average Bonchev–Trinajstić information content (AvgIpc) is 2.67. The Labute approximate surface area is 173 Å². The van der Waals surface area contributed by atoms with E-state index >= 15 is 0 Å². The Kier molecular flexibility index (Phi) is 7.79. The Morgan fingerprint density at radius 1 is 0.931 bits per heavy atom. The Bertz CT molecular complexity index is 826. The van der Waals surface area contributed by atoms with Crippen LogP contribution in [0.1, 0.15) is 33.3 Å². The molecule has 2 rings (SSSR count). The second-order valence-corrected chi connectivity index (χ2v) is 7.93. The zero-order chi connectivity index (χ0) is 21.4. The molecule has 0 saturated carbocycles. The zero-order valence-electron chi connectivity index (χ0n) is 17.9. The van der Waals surface area contributed by atoms with Crippen molar-refractivity contribution in [2.45, 2.75) is 33.1 Å². The fraction of sp³-hybridized carbons (Fsp3) is 0.391. The van der Waals surface area contributed by atoms with Crippen molar-refractivity contribution < 1.29 is 14.3 Å². The number of rotatable bonds is 8. The molecule has 6 heteroatoms. The van der Waals surface area contributed by atoms with Crippen molar-refractivity contribution in [2.24, 2.45) is 0 Å². The van der Waals surface area contributed by atoms with Gasteiger partial charge in [0.2, 0.25) is 11.8 Å². The van der Waals surface area contributed by atoms with Crippen molar-refractivity contribution in [3.8, 4) is 5.75 Å². The lowest BCUT2D eigenvalue weighted by Crippen LogP contribution is -2.38. The molecular weight excluding hydrogens is 366 g/mol. The normalized spacial score (nSPS) is 11.2. The van der Waals surface area contributed by atoms with Crippen LogP contribution in [0.2, 0.25) is 0 Å². The molecule has 0 atom stereocenters. The van der Waals surface area contributed by atoms with Crippen LogP contribution in [0.5, 0.6) is 5.75 Å². The number of nitrogens with zero attached hydrogens (tertiary/aromatic N) is 1. The van der Waals surface area contributed by atoms with Crippen LogP contribution in [0.4, 0.5) is 11.4 Å². The van der Waals surface area contributed by atoms with Gasteiger partial charge in [0.15, 0.2) is 0 Å². The van der Waals surface area contributed by atoms with Gasteiger partial charge in [0.25, 0.3) is 0 Å². The summed E-state index contributed by atoms with van der Waals surface area (Å²) in [6, 6.07) is 15.1. The van der Waals surface area contributed by atoms with Gasteiger partial charge in [0, 0.05) is 5.69 Å². The third-order valence-electron chi connectivity index (χ3n) is 4.60. The molecule has 0 unspecified atom stereocenters. The molecule has 0 fully saturated rings. The minimum absolute atomic E-state index is 0.0658. The monoisotopic (exact) mass is 397 g/mol. The summed E-state index contributed by atoms with van der Waals surface area (Å²) in [7, 11) is 1.56. The Morgan fingerprint density at radius 3 is 2.07 bits per heavy atom. The molecule has 2 N–H and O–H groups in total. The summed E-state index contributed by atoms with van der Waals surface area (Å²) < 4.78 is 5.25. The van der Waals surface area contributed by atoms with E-state index in [0.29, 0.717) is 18.0 Å². The number of amides is 2. The van der Waals surface area contributed by atoms with E-state index in [1.807, 2.05) is 43.3 Å². The van der Waals surface area contributed by atoms with Gasteiger partial charge in [0.05, 0.1) is 25.9 Å². The average molecular weight is 398 g/mol. The largest absolute Gasteiger partial charge is 0.495 e. The number of anilines is 2. The van der Waals surface area contributed by atoms with Crippen LogP contribution in [0.15, 0.2) is 48.5 Å². The van der Waals surface area contributed by atoms with Crippen molar-refractivity contribution >= 4 is 23.2 Å². The Morgan fingerprint density at radius 2 is 1.52 bits per heavy atom. The highest BCUT2D eigenvalue weighted by molar-refractivity contribution is 5.95. The van der Waals surface area contributed by atoms with Gasteiger partial charge in [-0.2, -0.15) is 0 Å². The topological polar surface area (TPSA) is 70.7 Å². The van der Waals surface area contributed by atoms with Gasteiger partial charge >= 0.3 is 0 Å². The Balaban J connectivity index is 1.90. The number of carbonyl (C=O) groups is 2. The van der Waals surface area contributed by atoms with E-state index in [9.17, 15) is 9.59 Å². The smallest absolute Gasteiger partial charge is 0.238 e. The minimum Gasteiger partial charge on any atom is -0.495 e. The number of likely N-dealkylation sites (N-methyl/N-ethyl adjacent to an activating group) is 1. The van der Waals surface area contributed by atoms with Gasteiger partial charge in [-0.3, -0.25) is 14.5 Å². The Hall–Kier alpha value is -2.86. The fourth-order valence-corrected chi connectivity index (χ4v) is 2.88. The standard InChI is InChI=1S/C23H31N3O3/c1-6-26(16-22(28)25-19-9-7-8-10-20(19)29-5)15-21(27)24-18-13-11-17(12-14-18)23(2,3)4/h7-14H,6,15-16H2,1-5H3,(H,24,27)(H,25,28). The van der Waals surface area contributed by atoms with Crippen molar-refractivity contribution in [3.63, 3.8) is 0 Å². The highest BCUT2D eigenvalue weighted by Gasteiger charge is 2.16. The number of hydrogen-bond donors (Lipinski definition) is 2. The number of benzene rings is 2. The molecule has 0 radical (unpaired) electrons. The first-order valence-electron chi connectivity index (χ1n) is 9.78. The van der Waals surface area contributed by atoms with Crippen LogP contribution >= 0.6 is 0 Å². The summed E-state index contributed by atoms with van der Waals surface area (Å²) in [5.41, 5.74) is 2.63. The molecule has 29 heavy (non-hydrogen) atoms. The first-order chi connectivity index (χ1) is 13.7. The quantitative estimate of drug-likeness (QED) is 0.709. The zero-order valence-corrected chi connectivity index (χ0v) is 17.9. The van der Waals surface area contributed by atoms with E-state index in [0.717, 1.165) is 5.69 Å². The molecule has 0 aliphatic heterocycles. The molecule has 2 aromatic rings. The van der Waals surface area contributed by atoms with E-state index < -0.39 is 0 Å². The van der Waals surface area contributed by atoms with Crippen LogP contribution in [0, 0.1) is 0 Å². The molecule has 0 aliphatic rings. The van der Waals surface area contributed by atoms with Crippen LogP contribution in [-0.2, 0) is 15.0 Å². The number of methoxy groups -OCH3 is 1. The maximum absolute atomic E-state index is 12.4. The fourth-order valence-electron chi connectivity index (χ4n) is 2.88. The summed E-state index contributed by atoms with van der Waals surface area (Å²) in [5.74, 6) is 0.250. The van der Waals surface area contributed by atoms with Crippen molar-refractivity contribution in [2.75, 3.05) is 37.4 Å². The summed E-state index contributed by atoms with van der Waals surface area (Å²) in [6.45, 7) is 9.20. The van der Waals surface area contributed by atoms with Gasteiger partial charge in [-0.15, -0.1) is 0 Å². The van der Waals surface area contributed by atoms with Gasteiger partial charge in [-0.05, 0) is 41.8 Å². The number of carbonyl (C=O) groups excluding carboxylic acids is 2. The summed E-state index contributed by atoms with van der Waals surface area (Å²) >= 11 is 0. The molecule has 0 aliphatic carbocycles. The number of ether oxygens (including phenoxy) is 1. The van der Waals surface area contributed by atoms with Gasteiger partial charge in [-0.1, -0.05) is 52.0 Å². The third kappa shape index (κ3) is 6.91. The second kappa shape index (κ2) is 10.1. The van der Waals surface area contributed by atoms with Crippen molar-refractivity contribution in [1.82, 2.24) is 4.90 Å². The first kappa shape index (κ1) is 22.4. The van der Waals surface area contributed by atoms with Crippen molar-refractivity contribution in [1.29, 1.82) is 0 Å². The van der Waals surface area contributed by atoms with Gasteiger partial charge in [-0.25, -0.2) is 0 Å². The molecule has 156 valence electrons. The van der Waals surface area contributed by atoms with E-state index in [-0.39, 0.29) is 30.3 Å². The molecule has 2 aromatic carbocycles. The predicted octanol–water partition coefficient (Wildman–Crippen LogP) is 3.89. The third-order valence-corrected chi connectivity index (χ3v) is 4.60. The number of nitrogens with one attached hydrogen (secondary N) is 2. The summed E-state index contributed by atoms with van der Waals surface area (Å²) in [4.78, 5) is 26.6. The van der Waals surface area contributed by atoms with E-state index in [4.69, 9.17) is 4.74 Å². The highest BCUT2D eigenvalue weighted by Crippen LogP contribution is 2.24. The lowest BCUT2D eigenvalue weighted by atomic mass is 9.87. The van der Waals surface area contributed by atoms with Gasteiger partial charge < -0.3 is 15.4 Å². The van der Waals surface area contributed by atoms with Crippen LogP contribution in [-0.4, -0.2) is 43.5 Å². The van der Waals surface area contributed by atoms with E-state index in [1.54, 1.807) is 24.1 Å². The molecular formula is C23H31N3O3. The highest BCUT2D eigenvalue weighted by atomic mass is 16.5. The molecule has 0 bridgehead atoms. The SMILES string of the molecule is CCN(CC(=O)Nc1ccc(C(C)(C)C)cc1)CC(=O)Nc1ccccc1OC. The maximum Gasteiger partial charge on any atom is 0.238 e. The molecule has 2 amide bonds. The molecule has 6 nitrogen and oxygen atoms in total.